The van der Waals surface area contributed by atoms with Gasteiger partial charge in [-0.1, -0.05) is 12.8 Å². The number of hydrogen-bond donors (Lipinski definition) is 1. The van der Waals surface area contributed by atoms with Gasteiger partial charge in [0.2, 0.25) is 0 Å². The highest BCUT2D eigenvalue weighted by Crippen LogP contribution is 2.34. The Morgan fingerprint density at radius 2 is 1.89 bits per heavy atom. The number of halogens is 4. The molecule has 0 bridgehead atoms. The monoisotopic (exact) mass is 279 g/mol. The van der Waals surface area contributed by atoms with Gasteiger partial charge in [0.15, 0.2) is 5.69 Å². The van der Waals surface area contributed by atoms with E-state index < -0.39 is 11.9 Å². The molecular weight excluding hydrogens is 267 g/mol. The van der Waals surface area contributed by atoms with Crippen LogP contribution < -0.4 is 5.32 Å². The minimum absolute atomic E-state index is 0.254. The van der Waals surface area contributed by atoms with E-state index in [4.69, 9.17) is 11.6 Å². The van der Waals surface area contributed by atoms with E-state index in [1.807, 2.05) is 0 Å². The molecule has 18 heavy (non-hydrogen) atoms. The summed E-state index contributed by atoms with van der Waals surface area (Å²) in [5.74, 6) is 0.751. The van der Waals surface area contributed by atoms with E-state index in [9.17, 15) is 13.2 Å². The third-order valence-electron chi connectivity index (χ3n) is 3.16. The van der Waals surface area contributed by atoms with Gasteiger partial charge >= 0.3 is 6.18 Å². The van der Waals surface area contributed by atoms with Gasteiger partial charge in [0.05, 0.1) is 5.54 Å². The topological polar surface area (TPSA) is 37.8 Å². The van der Waals surface area contributed by atoms with E-state index in [-0.39, 0.29) is 5.54 Å². The molecule has 1 saturated carbocycles. The molecule has 100 valence electrons. The van der Waals surface area contributed by atoms with Crippen LogP contribution in [0.5, 0.6) is 0 Å². The van der Waals surface area contributed by atoms with Crippen LogP contribution in [0.15, 0.2) is 12.1 Å². The molecule has 0 unspecified atom stereocenters. The normalized spacial score (nSPS) is 18.9. The third-order valence-corrected chi connectivity index (χ3v) is 3.68. The maximum Gasteiger partial charge on any atom is 0.435 e. The van der Waals surface area contributed by atoms with Crippen LogP contribution in [0.2, 0.25) is 0 Å². The number of nitrogens with one attached hydrogen (secondary N) is 1. The van der Waals surface area contributed by atoms with Crippen LogP contribution in [0.1, 0.15) is 31.4 Å². The molecule has 1 aliphatic carbocycles. The Morgan fingerprint density at radius 3 is 2.33 bits per heavy atom. The van der Waals surface area contributed by atoms with Gasteiger partial charge in [0.25, 0.3) is 0 Å². The number of rotatable bonds is 3. The fourth-order valence-corrected chi connectivity index (χ4v) is 2.50. The Bertz CT molecular complexity index is 399. The average molecular weight is 280 g/mol. The van der Waals surface area contributed by atoms with Crippen LogP contribution in [0.4, 0.5) is 19.0 Å². The van der Waals surface area contributed by atoms with Crippen molar-refractivity contribution < 1.29 is 13.2 Å². The van der Waals surface area contributed by atoms with Gasteiger partial charge in [0.1, 0.15) is 5.82 Å². The molecule has 0 atom stereocenters. The molecule has 0 radical (unpaired) electrons. The molecule has 0 amide bonds. The lowest BCUT2D eigenvalue weighted by Gasteiger charge is -2.28. The zero-order valence-electron chi connectivity index (χ0n) is 9.60. The van der Waals surface area contributed by atoms with E-state index in [0.29, 0.717) is 11.7 Å². The Balaban J connectivity index is 2.11. The minimum atomic E-state index is -4.46. The highest BCUT2D eigenvalue weighted by atomic mass is 35.5. The predicted octanol–water partition coefficient (Wildman–Crippen LogP) is 3.46. The lowest BCUT2D eigenvalue weighted by atomic mass is 10.0. The zero-order valence-corrected chi connectivity index (χ0v) is 10.4. The highest BCUT2D eigenvalue weighted by molar-refractivity contribution is 6.18. The molecule has 0 aliphatic heterocycles. The van der Waals surface area contributed by atoms with Crippen molar-refractivity contribution in [1.82, 2.24) is 10.2 Å². The number of nitrogens with zero attached hydrogens (tertiary/aromatic N) is 2. The summed E-state index contributed by atoms with van der Waals surface area (Å²) in [5, 5.41) is 9.85. The first-order valence-corrected chi connectivity index (χ1v) is 6.24. The summed E-state index contributed by atoms with van der Waals surface area (Å²) in [6.45, 7) is 0. The fraction of sp³-hybridized carbons (Fsp3) is 0.636. The molecular formula is C11H13ClF3N3. The standard InChI is InChI=1S/C11H13ClF3N3/c12-7-10(5-1-2-6-10)16-9-4-3-8(17-18-9)11(13,14)15/h3-4H,1-2,5-7H2,(H,16,18). The van der Waals surface area contributed by atoms with Crippen molar-refractivity contribution >= 4 is 17.4 Å². The molecule has 1 aromatic rings. The second-order valence-corrected chi connectivity index (χ2v) is 4.81. The first-order valence-electron chi connectivity index (χ1n) is 5.70. The Morgan fingerprint density at radius 1 is 1.22 bits per heavy atom. The lowest BCUT2D eigenvalue weighted by molar-refractivity contribution is -0.141. The Labute approximate surface area is 108 Å². The van der Waals surface area contributed by atoms with Crippen molar-refractivity contribution in [3.05, 3.63) is 17.8 Å². The molecule has 1 aliphatic rings. The molecule has 2 rings (SSSR count). The third kappa shape index (κ3) is 2.85. The molecule has 0 spiro atoms. The van der Waals surface area contributed by atoms with Gasteiger partial charge in [-0.25, -0.2) is 0 Å². The molecule has 1 heterocycles. The van der Waals surface area contributed by atoms with Gasteiger partial charge in [-0.15, -0.1) is 21.8 Å². The number of aromatic nitrogens is 2. The quantitative estimate of drug-likeness (QED) is 0.861. The van der Waals surface area contributed by atoms with Crippen molar-refractivity contribution in [2.75, 3.05) is 11.2 Å². The molecule has 1 fully saturated rings. The summed E-state index contributed by atoms with van der Waals surface area (Å²) < 4.78 is 37.0. The van der Waals surface area contributed by atoms with Crippen molar-refractivity contribution in [3.8, 4) is 0 Å². The van der Waals surface area contributed by atoms with Gasteiger partial charge in [-0.05, 0) is 25.0 Å². The predicted molar refractivity (Wildman–Crippen MR) is 62.6 cm³/mol. The lowest BCUT2D eigenvalue weighted by Crippen LogP contribution is -2.37. The summed E-state index contributed by atoms with van der Waals surface area (Å²) in [6.07, 6.45) is -0.525. The summed E-state index contributed by atoms with van der Waals surface area (Å²) in [7, 11) is 0. The fourth-order valence-electron chi connectivity index (χ4n) is 2.17. The number of alkyl halides is 4. The second-order valence-electron chi connectivity index (χ2n) is 4.55. The van der Waals surface area contributed by atoms with Crippen molar-refractivity contribution in [1.29, 1.82) is 0 Å². The van der Waals surface area contributed by atoms with Gasteiger partial charge in [-0.3, -0.25) is 0 Å². The van der Waals surface area contributed by atoms with E-state index in [1.165, 1.54) is 6.07 Å². The summed E-state index contributed by atoms with van der Waals surface area (Å²) in [5.41, 5.74) is -1.24. The van der Waals surface area contributed by atoms with E-state index in [1.54, 1.807) is 0 Å². The first-order chi connectivity index (χ1) is 8.45. The second kappa shape index (κ2) is 4.91. The van der Waals surface area contributed by atoms with Crippen LogP contribution in [0.25, 0.3) is 0 Å². The maximum atomic E-state index is 12.3. The molecule has 3 nitrogen and oxygen atoms in total. The van der Waals surface area contributed by atoms with Crippen LogP contribution in [-0.2, 0) is 6.18 Å². The minimum Gasteiger partial charge on any atom is -0.362 e. The average Bonchev–Trinajstić information content (AvgIpc) is 2.78. The van der Waals surface area contributed by atoms with Crippen LogP contribution in [0, 0.1) is 0 Å². The van der Waals surface area contributed by atoms with Crippen LogP contribution in [-0.4, -0.2) is 21.6 Å². The van der Waals surface area contributed by atoms with E-state index in [0.717, 1.165) is 31.7 Å². The van der Waals surface area contributed by atoms with Crippen molar-refractivity contribution in [3.63, 3.8) is 0 Å². The SMILES string of the molecule is FC(F)(F)c1ccc(NC2(CCl)CCCC2)nn1. The largest absolute Gasteiger partial charge is 0.435 e. The number of hydrogen-bond acceptors (Lipinski definition) is 3. The molecule has 1 aromatic heterocycles. The molecule has 1 N–H and O–H groups in total. The van der Waals surface area contributed by atoms with Crippen molar-refractivity contribution in [2.45, 2.75) is 37.4 Å². The van der Waals surface area contributed by atoms with Gasteiger partial charge in [0, 0.05) is 5.88 Å². The summed E-state index contributed by atoms with van der Waals surface area (Å²) >= 11 is 5.93. The van der Waals surface area contributed by atoms with Gasteiger partial charge in [-0.2, -0.15) is 13.2 Å². The summed E-state index contributed by atoms with van der Waals surface area (Å²) in [4.78, 5) is 0. The Hall–Kier alpha value is -1.04. The number of anilines is 1. The molecule has 0 aromatic carbocycles. The van der Waals surface area contributed by atoms with Crippen LogP contribution >= 0.6 is 11.6 Å². The highest BCUT2D eigenvalue weighted by Gasteiger charge is 2.35. The molecule has 7 heteroatoms. The van der Waals surface area contributed by atoms with E-state index >= 15 is 0 Å². The van der Waals surface area contributed by atoms with Gasteiger partial charge < -0.3 is 5.32 Å². The molecule has 0 saturated heterocycles. The van der Waals surface area contributed by atoms with Crippen LogP contribution in [0.3, 0.4) is 0 Å². The zero-order chi connectivity index (χ0) is 13.2. The first kappa shape index (κ1) is 13.4. The Kier molecular flexibility index (Phi) is 3.66. The maximum absolute atomic E-state index is 12.3. The van der Waals surface area contributed by atoms with Crippen molar-refractivity contribution in [2.24, 2.45) is 0 Å². The van der Waals surface area contributed by atoms with E-state index in [2.05, 4.69) is 15.5 Å². The summed E-state index contributed by atoms with van der Waals surface area (Å²) in [6, 6.07) is 2.22. The smallest absolute Gasteiger partial charge is 0.362 e.